The molecule has 0 atom stereocenters. The topological polar surface area (TPSA) is 223 Å². The summed E-state index contributed by atoms with van der Waals surface area (Å²) in [5, 5.41) is 38.8. The minimum atomic E-state index is -0.641. The normalized spacial score (nSPS) is 11.8. The summed E-state index contributed by atoms with van der Waals surface area (Å²) in [6.45, 7) is 23.9. The highest BCUT2D eigenvalue weighted by Crippen LogP contribution is 2.42. The summed E-state index contributed by atoms with van der Waals surface area (Å²) in [7, 11) is 0. The molecule has 552 valence electrons. The zero-order chi connectivity index (χ0) is 72.3. The van der Waals surface area contributed by atoms with Crippen molar-refractivity contribution in [3.05, 3.63) is 164 Å². The molecule has 0 spiro atoms. The van der Waals surface area contributed by atoms with Crippen LogP contribution in [0, 0.1) is 0 Å². The van der Waals surface area contributed by atoms with Crippen LogP contribution in [0.5, 0.6) is 23.0 Å². The minimum Gasteiger partial charge on any atom is -0.493 e. The van der Waals surface area contributed by atoms with Crippen molar-refractivity contribution in [2.75, 3.05) is 79.3 Å². The van der Waals surface area contributed by atoms with E-state index in [-0.39, 0.29) is 48.7 Å². The molecule has 4 aromatic rings. The summed E-state index contributed by atoms with van der Waals surface area (Å²) in [4.78, 5) is 51.3. The first-order valence-corrected chi connectivity index (χ1v) is 37.5. The van der Waals surface area contributed by atoms with Crippen LogP contribution in [-0.4, -0.2) is 124 Å². The highest BCUT2D eigenvalue weighted by atomic mass is 16.5. The molecule has 16 heteroatoms. The zero-order valence-electron chi connectivity index (χ0n) is 61.2. The third-order valence-corrected chi connectivity index (χ3v) is 18.0. The molecule has 16 nitrogen and oxygen atoms in total. The Kier molecular flexibility index (Phi) is 40.5. The van der Waals surface area contributed by atoms with Gasteiger partial charge >= 0.3 is 23.9 Å². The van der Waals surface area contributed by atoms with E-state index < -0.39 is 50.3 Å². The van der Waals surface area contributed by atoms with Crippen molar-refractivity contribution in [1.29, 1.82) is 0 Å². The van der Waals surface area contributed by atoms with Crippen molar-refractivity contribution in [2.24, 2.45) is 0 Å². The molecule has 1 aliphatic carbocycles. The number of benzene rings is 4. The maximum absolute atomic E-state index is 12.8. The molecule has 0 fully saturated rings. The van der Waals surface area contributed by atoms with E-state index in [1.807, 2.05) is 0 Å². The van der Waals surface area contributed by atoms with Gasteiger partial charge in [-0.2, -0.15) is 0 Å². The number of aliphatic hydroxyl groups is 4. The van der Waals surface area contributed by atoms with Gasteiger partial charge in [0.2, 0.25) is 0 Å². The Hall–Kier alpha value is -7.24. The summed E-state index contributed by atoms with van der Waals surface area (Å²) in [6.07, 6.45) is 26.5. The first-order chi connectivity index (χ1) is 48.6. The molecule has 0 aliphatic heterocycles. The van der Waals surface area contributed by atoms with Crippen LogP contribution < -0.4 is 18.9 Å². The van der Waals surface area contributed by atoms with Crippen LogP contribution in [0.15, 0.2) is 97.1 Å². The lowest BCUT2D eigenvalue weighted by Gasteiger charge is -2.25. The Morgan fingerprint density at radius 1 is 0.280 bits per heavy atom. The third kappa shape index (κ3) is 29.8. The highest BCUT2D eigenvalue weighted by Gasteiger charge is 2.26. The zero-order valence-corrected chi connectivity index (χ0v) is 61.2. The molecule has 0 unspecified atom stereocenters. The van der Waals surface area contributed by atoms with Crippen molar-refractivity contribution in [1.82, 2.24) is 0 Å². The number of esters is 4. The molecule has 4 N–H and O–H groups in total. The van der Waals surface area contributed by atoms with Gasteiger partial charge in [0.05, 0.1) is 102 Å². The van der Waals surface area contributed by atoms with E-state index >= 15 is 0 Å². The Bertz CT molecular complexity index is 2700. The molecular weight excluding hydrogens is 1260 g/mol. The summed E-state index contributed by atoms with van der Waals surface area (Å²) in [5.41, 5.74) is 11.6. The number of fused-ring (bicyclic) bond motifs is 8. The number of aliphatic hydroxyl groups excluding tert-OH is 4. The predicted octanol–water partition coefficient (Wildman–Crippen LogP) is 15.9. The quantitative estimate of drug-likeness (QED) is 0.0123. The van der Waals surface area contributed by atoms with Gasteiger partial charge in [0.1, 0.15) is 23.0 Å². The van der Waals surface area contributed by atoms with E-state index in [2.05, 4.69) is 103 Å². The van der Waals surface area contributed by atoms with E-state index in [1.54, 1.807) is 0 Å². The minimum absolute atomic E-state index is 0.0136. The van der Waals surface area contributed by atoms with Crippen LogP contribution in [-0.2, 0) is 89.5 Å². The van der Waals surface area contributed by atoms with Crippen LogP contribution in [0.1, 0.15) is 249 Å². The fraction of sp³-hybridized carbons (Fsp3) is 0.571. The van der Waals surface area contributed by atoms with Gasteiger partial charge < -0.3 is 58.3 Å². The summed E-state index contributed by atoms with van der Waals surface area (Å²) < 4.78 is 51.6. The number of aryl methyl sites for hydroxylation is 4. The van der Waals surface area contributed by atoms with Gasteiger partial charge in [-0.3, -0.25) is 0 Å². The molecule has 100 heavy (non-hydrogen) atoms. The van der Waals surface area contributed by atoms with Gasteiger partial charge in [-0.1, -0.05) is 205 Å². The molecule has 4 aromatic carbocycles. The van der Waals surface area contributed by atoms with E-state index in [1.165, 1.54) is 0 Å². The van der Waals surface area contributed by atoms with Crippen molar-refractivity contribution in [2.45, 2.75) is 233 Å². The van der Waals surface area contributed by atoms with Crippen molar-refractivity contribution in [3.63, 3.8) is 0 Å². The van der Waals surface area contributed by atoms with Gasteiger partial charge in [0, 0.05) is 25.7 Å². The van der Waals surface area contributed by atoms with Crippen LogP contribution in [0.4, 0.5) is 0 Å². The van der Waals surface area contributed by atoms with Crippen LogP contribution in [0.3, 0.4) is 0 Å². The molecule has 0 saturated heterocycles. The molecule has 1 aliphatic rings. The van der Waals surface area contributed by atoms with Crippen molar-refractivity contribution < 1.29 is 77.5 Å². The smallest absolute Gasteiger partial charge is 0.335 e. The molecule has 0 amide bonds. The van der Waals surface area contributed by atoms with Crippen molar-refractivity contribution in [3.8, 4) is 23.0 Å². The summed E-state index contributed by atoms with van der Waals surface area (Å²) >= 11 is 0. The monoisotopic (exact) mass is 1380 g/mol. The lowest BCUT2D eigenvalue weighted by molar-refractivity contribution is -0.140. The standard InChI is InChI=1S/C84H120O16/c1-9-13-17-21-25-37-93-77-69-45-65(33-29-41-97-81(89)61(5)57-85)46-70(77)54-72-48-67(35-31-43-99-83(91)63(7)59-87)50-74(79(72)95-39-27-23-19-15-11-3)56-76-52-68(36-32-44-100-84(92)64(8)60-88)51-75(80(76)96-40-28-24-20-16-12-4)55-73-49-66(34-30-42-98-82(90)62(6)58-86)47-71(53-69)78(73)94-38-26-22-18-14-10-2/h45-52,85-88H,5-44,53-60H2,1-4H3. The third-order valence-electron chi connectivity index (χ3n) is 18.0. The van der Waals surface area contributed by atoms with Crippen LogP contribution >= 0.6 is 0 Å². The fourth-order valence-corrected chi connectivity index (χ4v) is 12.4. The van der Waals surface area contributed by atoms with Gasteiger partial charge in [-0.25, -0.2) is 19.2 Å². The molecule has 8 bridgehead atoms. The molecule has 5 rings (SSSR count). The van der Waals surface area contributed by atoms with E-state index in [0.717, 1.165) is 218 Å². The maximum atomic E-state index is 12.8. The first kappa shape index (κ1) is 83.4. The van der Waals surface area contributed by atoms with Gasteiger partial charge in [-0.05, 0) is 144 Å². The number of hydrogen-bond acceptors (Lipinski definition) is 16. The number of rotatable bonds is 52. The molecular formula is C84H120O16. The number of ether oxygens (including phenoxy) is 8. The van der Waals surface area contributed by atoms with Crippen LogP contribution in [0.25, 0.3) is 0 Å². The molecule has 0 saturated carbocycles. The molecule has 0 aromatic heterocycles. The molecule has 0 radical (unpaired) electrons. The number of unbranched alkanes of at least 4 members (excludes halogenated alkanes) is 16. The Labute approximate surface area is 597 Å². The average Bonchev–Trinajstić information content (AvgIpc) is 0.776. The van der Waals surface area contributed by atoms with E-state index in [9.17, 15) is 39.6 Å². The maximum Gasteiger partial charge on any atom is 0.335 e. The Morgan fingerprint density at radius 2 is 0.460 bits per heavy atom. The SMILES string of the molecule is C=C(CO)C(=O)OCCCc1cc2c(OCCCCCCC)c(c1)Cc1cc(CCCOC(=O)C(=C)CO)cc(c1OCCCCCCC)Cc1cc(CCCOC(=O)C(=C)CO)cc(c1OCCCCCCC)Cc1cc(CCCOC(=O)C(=C)CO)cc(c1OCCCCCCC)C2. The fourth-order valence-electron chi connectivity index (χ4n) is 12.4. The Balaban J connectivity index is 1.93. The van der Waals surface area contributed by atoms with E-state index in [0.29, 0.717) is 103 Å². The highest BCUT2D eigenvalue weighted by molar-refractivity contribution is 5.89. The van der Waals surface area contributed by atoms with Gasteiger partial charge in [0.25, 0.3) is 0 Å². The van der Waals surface area contributed by atoms with Crippen molar-refractivity contribution >= 4 is 23.9 Å². The number of carbonyl (C=O) groups excluding carboxylic acids is 4. The summed E-state index contributed by atoms with van der Waals surface area (Å²) in [5.74, 6) is 0.527. The molecule has 0 heterocycles. The first-order valence-electron chi connectivity index (χ1n) is 37.5. The second kappa shape index (κ2) is 48.6. The lowest BCUT2D eigenvalue weighted by Crippen LogP contribution is -2.13. The second-order valence-corrected chi connectivity index (χ2v) is 26.7. The second-order valence-electron chi connectivity index (χ2n) is 26.7. The predicted molar refractivity (Wildman–Crippen MR) is 396 cm³/mol. The average molecular weight is 1390 g/mol. The largest absolute Gasteiger partial charge is 0.493 e. The van der Waals surface area contributed by atoms with E-state index in [4.69, 9.17) is 37.9 Å². The van der Waals surface area contributed by atoms with Gasteiger partial charge in [-0.15, -0.1) is 0 Å². The van der Waals surface area contributed by atoms with Gasteiger partial charge in [0.15, 0.2) is 0 Å². The Morgan fingerprint density at radius 3 is 0.630 bits per heavy atom. The number of carbonyl (C=O) groups is 4. The summed E-state index contributed by atoms with van der Waals surface area (Å²) in [6, 6.07) is 17.8. The lowest BCUT2D eigenvalue weighted by atomic mass is 9.87. The van der Waals surface area contributed by atoms with Crippen LogP contribution in [0.2, 0.25) is 0 Å². The number of hydrogen-bond donors (Lipinski definition) is 4.